The van der Waals surface area contributed by atoms with Crippen LogP contribution in [0.4, 0.5) is 0 Å². The molecule has 0 fully saturated rings. The molecular weight excluding hydrogens is 464 g/mol. The average molecular weight is 497 g/mol. The SMILES string of the molecule is CCc1ccc(C(=O)N2CCc3ccc(C(CC(=O)O)c4ccc5c(nnn5CC)c4C)cc3C2)cc1. The van der Waals surface area contributed by atoms with Crippen molar-refractivity contribution in [3.63, 3.8) is 0 Å². The standard InChI is InChI=1S/C30H32N4O3/c1-4-20-6-8-22(9-7-20)30(37)33-15-14-21-10-11-23(16-24(21)18-33)26(17-28(35)36)25-12-13-27-29(19(25)3)31-32-34(27)5-2/h6-13,16,26H,4-5,14-15,17-18H2,1-3H3,(H,35,36). The van der Waals surface area contributed by atoms with Crippen LogP contribution in [0.5, 0.6) is 0 Å². The first-order chi connectivity index (χ1) is 17.9. The Morgan fingerprint density at radius 2 is 1.81 bits per heavy atom. The molecule has 0 saturated carbocycles. The van der Waals surface area contributed by atoms with Gasteiger partial charge in [0.25, 0.3) is 5.91 Å². The molecule has 4 aromatic rings. The van der Waals surface area contributed by atoms with Crippen molar-refractivity contribution in [2.45, 2.75) is 59.0 Å². The molecule has 0 spiro atoms. The highest BCUT2D eigenvalue weighted by Gasteiger charge is 2.26. The molecule has 0 saturated heterocycles. The average Bonchev–Trinajstić information content (AvgIpc) is 3.35. The van der Waals surface area contributed by atoms with Gasteiger partial charge >= 0.3 is 5.97 Å². The molecule has 1 aromatic heterocycles. The molecule has 3 aromatic carbocycles. The van der Waals surface area contributed by atoms with Crippen LogP contribution in [0.3, 0.4) is 0 Å². The number of hydrogen-bond acceptors (Lipinski definition) is 4. The number of aliphatic carboxylic acids is 1. The summed E-state index contributed by atoms with van der Waals surface area (Å²) in [4.78, 5) is 27.0. The van der Waals surface area contributed by atoms with Crippen molar-refractivity contribution in [2.24, 2.45) is 0 Å². The van der Waals surface area contributed by atoms with E-state index in [4.69, 9.17) is 0 Å². The molecule has 0 aliphatic carbocycles. The molecule has 37 heavy (non-hydrogen) atoms. The van der Waals surface area contributed by atoms with Crippen LogP contribution in [0, 0.1) is 6.92 Å². The molecule has 1 aliphatic rings. The van der Waals surface area contributed by atoms with Crippen LogP contribution in [0.25, 0.3) is 11.0 Å². The van der Waals surface area contributed by atoms with Gasteiger partial charge in [-0.2, -0.15) is 0 Å². The normalized spacial score (nSPS) is 14.0. The predicted octanol–water partition coefficient (Wildman–Crippen LogP) is 5.13. The van der Waals surface area contributed by atoms with Gasteiger partial charge in [-0.15, -0.1) is 5.10 Å². The zero-order chi connectivity index (χ0) is 26.1. The molecule has 1 N–H and O–H groups in total. The fourth-order valence-electron chi connectivity index (χ4n) is 5.41. The molecule has 1 unspecified atom stereocenters. The van der Waals surface area contributed by atoms with E-state index < -0.39 is 5.97 Å². The van der Waals surface area contributed by atoms with Gasteiger partial charge in [-0.05, 0) is 78.3 Å². The Hall–Kier alpha value is -4.00. The van der Waals surface area contributed by atoms with Gasteiger partial charge in [-0.1, -0.05) is 48.5 Å². The topological polar surface area (TPSA) is 88.3 Å². The Balaban J connectivity index is 1.47. The van der Waals surface area contributed by atoms with Crippen molar-refractivity contribution in [2.75, 3.05) is 6.54 Å². The number of aryl methyl sites for hydroxylation is 3. The van der Waals surface area contributed by atoms with Crippen LogP contribution in [0.1, 0.15) is 69.9 Å². The zero-order valence-electron chi connectivity index (χ0n) is 21.6. The van der Waals surface area contributed by atoms with Gasteiger partial charge in [0.2, 0.25) is 0 Å². The number of benzene rings is 3. The summed E-state index contributed by atoms with van der Waals surface area (Å²) in [7, 11) is 0. The maximum Gasteiger partial charge on any atom is 0.304 e. The van der Waals surface area contributed by atoms with Gasteiger partial charge in [0.15, 0.2) is 0 Å². The zero-order valence-corrected chi connectivity index (χ0v) is 21.6. The first-order valence-corrected chi connectivity index (χ1v) is 12.9. The van der Waals surface area contributed by atoms with Gasteiger partial charge in [-0.3, -0.25) is 9.59 Å². The monoisotopic (exact) mass is 496 g/mol. The maximum absolute atomic E-state index is 13.2. The minimum Gasteiger partial charge on any atom is -0.481 e. The predicted molar refractivity (Wildman–Crippen MR) is 143 cm³/mol. The van der Waals surface area contributed by atoms with E-state index in [0.717, 1.165) is 52.7 Å². The van der Waals surface area contributed by atoms with E-state index in [9.17, 15) is 14.7 Å². The Labute approximate surface area is 216 Å². The molecule has 7 heteroatoms. The van der Waals surface area contributed by atoms with E-state index in [-0.39, 0.29) is 18.2 Å². The number of carboxylic acid groups (broad SMARTS) is 1. The van der Waals surface area contributed by atoms with Crippen LogP contribution >= 0.6 is 0 Å². The highest BCUT2D eigenvalue weighted by atomic mass is 16.4. The third-order valence-corrected chi connectivity index (χ3v) is 7.58. The van der Waals surface area contributed by atoms with Crippen molar-refractivity contribution in [1.82, 2.24) is 19.9 Å². The Morgan fingerprint density at radius 1 is 1.03 bits per heavy atom. The second-order valence-electron chi connectivity index (χ2n) is 9.76. The van der Waals surface area contributed by atoms with E-state index in [1.807, 2.05) is 65.9 Å². The number of amides is 1. The van der Waals surface area contributed by atoms with Gasteiger partial charge in [0.1, 0.15) is 5.52 Å². The number of rotatable bonds is 7. The summed E-state index contributed by atoms with van der Waals surface area (Å²) < 4.78 is 1.85. The smallest absolute Gasteiger partial charge is 0.304 e. The van der Waals surface area contributed by atoms with Crippen molar-refractivity contribution < 1.29 is 14.7 Å². The number of hydrogen-bond donors (Lipinski definition) is 1. The number of nitrogens with zero attached hydrogens (tertiary/aromatic N) is 4. The lowest BCUT2D eigenvalue weighted by Gasteiger charge is -2.30. The third-order valence-electron chi connectivity index (χ3n) is 7.58. The first kappa shape index (κ1) is 24.7. The second-order valence-corrected chi connectivity index (χ2v) is 9.76. The Bertz CT molecular complexity index is 1470. The molecule has 2 heterocycles. The number of fused-ring (bicyclic) bond motifs is 2. The van der Waals surface area contributed by atoms with Crippen LogP contribution in [0.15, 0.2) is 54.6 Å². The molecule has 7 nitrogen and oxygen atoms in total. The van der Waals surface area contributed by atoms with Gasteiger partial charge in [0, 0.05) is 31.1 Å². The lowest BCUT2D eigenvalue weighted by Crippen LogP contribution is -2.36. The van der Waals surface area contributed by atoms with E-state index >= 15 is 0 Å². The minimum absolute atomic E-state index is 0.0283. The van der Waals surface area contributed by atoms with Crippen molar-refractivity contribution in [3.8, 4) is 0 Å². The molecule has 5 rings (SSSR count). The number of aromatic nitrogens is 3. The quantitative estimate of drug-likeness (QED) is 0.383. The van der Waals surface area contributed by atoms with E-state index in [1.54, 1.807) is 0 Å². The van der Waals surface area contributed by atoms with E-state index in [0.29, 0.717) is 18.7 Å². The fourth-order valence-corrected chi connectivity index (χ4v) is 5.41. The van der Waals surface area contributed by atoms with Crippen molar-refractivity contribution in [3.05, 3.63) is 93.5 Å². The van der Waals surface area contributed by atoms with E-state index in [2.05, 4.69) is 29.4 Å². The molecule has 190 valence electrons. The largest absolute Gasteiger partial charge is 0.481 e. The van der Waals surface area contributed by atoms with E-state index in [1.165, 1.54) is 11.1 Å². The van der Waals surface area contributed by atoms with Crippen molar-refractivity contribution in [1.29, 1.82) is 0 Å². The van der Waals surface area contributed by atoms with Crippen LogP contribution in [-0.4, -0.2) is 43.4 Å². The fraction of sp³-hybridized carbons (Fsp3) is 0.333. The Kier molecular flexibility index (Phi) is 6.78. The molecule has 1 aliphatic heterocycles. The number of carboxylic acids is 1. The highest BCUT2D eigenvalue weighted by molar-refractivity contribution is 5.94. The number of carbonyl (C=O) groups is 2. The summed E-state index contributed by atoms with van der Waals surface area (Å²) >= 11 is 0. The van der Waals surface area contributed by atoms with Gasteiger partial charge in [0.05, 0.1) is 11.9 Å². The molecule has 1 atom stereocenters. The lowest BCUT2D eigenvalue weighted by atomic mass is 9.83. The molecule has 1 amide bonds. The van der Waals surface area contributed by atoms with Crippen LogP contribution in [-0.2, 0) is 30.7 Å². The summed E-state index contributed by atoms with van der Waals surface area (Å²) in [6.07, 6.45) is 1.69. The molecule has 0 bridgehead atoms. The minimum atomic E-state index is -0.855. The molecular formula is C30H32N4O3. The van der Waals surface area contributed by atoms with Crippen LogP contribution in [0.2, 0.25) is 0 Å². The van der Waals surface area contributed by atoms with Gasteiger partial charge < -0.3 is 10.0 Å². The lowest BCUT2D eigenvalue weighted by molar-refractivity contribution is -0.137. The third kappa shape index (κ3) is 4.73. The summed E-state index contributed by atoms with van der Waals surface area (Å²) in [5.74, 6) is -1.15. The highest BCUT2D eigenvalue weighted by Crippen LogP contribution is 2.35. The van der Waals surface area contributed by atoms with Crippen LogP contribution < -0.4 is 0 Å². The summed E-state index contributed by atoms with van der Waals surface area (Å²) in [6.45, 7) is 8.01. The first-order valence-electron chi connectivity index (χ1n) is 12.9. The maximum atomic E-state index is 13.2. The summed E-state index contributed by atoms with van der Waals surface area (Å²) in [5.41, 5.74) is 8.78. The molecule has 0 radical (unpaired) electrons. The van der Waals surface area contributed by atoms with Gasteiger partial charge in [-0.25, -0.2) is 4.68 Å². The summed E-state index contributed by atoms with van der Waals surface area (Å²) in [5, 5.41) is 18.4. The second kappa shape index (κ2) is 10.2. The summed E-state index contributed by atoms with van der Waals surface area (Å²) in [6, 6.07) is 18.1. The number of carbonyl (C=O) groups excluding carboxylic acids is 1. The Morgan fingerprint density at radius 3 is 2.51 bits per heavy atom. The van der Waals surface area contributed by atoms with Crippen molar-refractivity contribution >= 4 is 22.9 Å².